The highest BCUT2D eigenvalue weighted by Crippen LogP contribution is 1.94. The molecule has 0 atom stereocenters. The SMILES string of the molecule is NN1CN(N)N(N)C1. The maximum Gasteiger partial charge on any atom is 0.0965 e. The standard InChI is InChI=1S/C2H10N6/c3-6-1-7(4)8(5)2-6/h1-5H2. The van der Waals surface area contributed by atoms with Gasteiger partial charge in [0.05, 0.1) is 13.3 Å². The van der Waals surface area contributed by atoms with Crippen LogP contribution in [0.5, 0.6) is 0 Å². The molecule has 0 saturated carbocycles. The van der Waals surface area contributed by atoms with E-state index in [2.05, 4.69) is 0 Å². The molecule has 48 valence electrons. The van der Waals surface area contributed by atoms with Crippen LogP contribution >= 0.6 is 0 Å². The smallest absolute Gasteiger partial charge is 0.0965 e. The predicted molar refractivity (Wildman–Crippen MR) is 27.8 cm³/mol. The lowest BCUT2D eigenvalue weighted by atomic mass is 11.0. The van der Waals surface area contributed by atoms with Gasteiger partial charge in [-0.15, -0.1) is 10.2 Å². The summed E-state index contributed by atoms with van der Waals surface area (Å²) < 4.78 is 0. The highest BCUT2D eigenvalue weighted by molar-refractivity contribution is 4.50. The zero-order valence-corrected chi connectivity index (χ0v) is 4.49. The Hall–Kier alpha value is -0.240. The van der Waals surface area contributed by atoms with Crippen molar-refractivity contribution in [1.82, 2.24) is 15.2 Å². The lowest BCUT2D eigenvalue weighted by molar-refractivity contribution is 0.0263. The third-order valence-corrected chi connectivity index (χ3v) is 0.983. The summed E-state index contributed by atoms with van der Waals surface area (Å²) in [5.41, 5.74) is 0. The second-order valence-corrected chi connectivity index (χ2v) is 1.75. The van der Waals surface area contributed by atoms with E-state index in [1.54, 1.807) is 0 Å². The molecule has 6 heteroatoms. The van der Waals surface area contributed by atoms with E-state index in [1.807, 2.05) is 0 Å². The minimum atomic E-state index is 0.483. The average molecular weight is 118 g/mol. The van der Waals surface area contributed by atoms with Crippen molar-refractivity contribution in [3.05, 3.63) is 0 Å². The Morgan fingerprint density at radius 2 is 1.25 bits per heavy atom. The van der Waals surface area contributed by atoms with Crippen LogP contribution in [0.25, 0.3) is 0 Å². The molecule has 0 unspecified atom stereocenters. The van der Waals surface area contributed by atoms with Crippen molar-refractivity contribution in [1.29, 1.82) is 0 Å². The molecular formula is C2H10N6. The summed E-state index contributed by atoms with van der Waals surface area (Å²) in [5, 5.41) is 4.17. The monoisotopic (exact) mass is 118 g/mol. The summed E-state index contributed by atoms with van der Waals surface area (Å²) >= 11 is 0. The Morgan fingerprint density at radius 1 is 0.875 bits per heavy atom. The minimum absolute atomic E-state index is 0.483. The summed E-state index contributed by atoms with van der Waals surface area (Å²) in [6, 6.07) is 0. The van der Waals surface area contributed by atoms with Gasteiger partial charge in [-0.3, -0.25) is 17.5 Å². The maximum absolute atomic E-state index is 5.31. The molecule has 1 aliphatic rings. The third-order valence-electron chi connectivity index (χ3n) is 0.983. The van der Waals surface area contributed by atoms with Gasteiger partial charge in [0.1, 0.15) is 0 Å². The largest absolute Gasteiger partial charge is 0.266 e. The van der Waals surface area contributed by atoms with Gasteiger partial charge >= 0.3 is 0 Å². The molecule has 0 aliphatic carbocycles. The molecule has 1 saturated heterocycles. The number of rotatable bonds is 0. The van der Waals surface area contributed by atoms with Crippen LogP contribution in [0.2, 0.25) is 0 Å². The average Bonchev–Trinajstić information content (AvgIpc) is 1.85. The van der Waals surface area contributed by atoms with Gasteiger partial charge in [0.15, 0.2) is 0 Å². The molecule has 6 N–H and O–H groups in total. The number of nitrogens with zero attached hydrogens (tertiary/aromatic N) is 3. The Labute approximate surface area is 47.3 Å². The summed E-state index contributed by atoms with van der Waals surface area (Å²) in [5.74, 6) is 15.9. The summed E-state index contributed by atoms with van der Waals surface area (Å²) in [4.78, 5) is 0. The fourth-order valence-corrected chi connectivity index (χ4v) is 0.579. The second kappa shape index (κ2) is 1.94. The molecule has 0 aromatic heterocycles. The van der Waals surface area contributed by atoms with E-state index in [0.29, 0.717) is 13.3 Å². The number of hydrogen-bond donors (Lipinski definition) is 3. The van der Waals surface area contributed by atoms with Crippen LogP contribution < -0.4 is 17.5 Å². The van der Waals surface area contributed by atoms with Crippen molar-refractivity contribution in [3.8, 4) is 0 Å². The Balaban J connectivity index is 2.39. The molecule has 1 rings (SSSR count). The quantitative estimate of drug-likeness (QED) is 0.301. The molecule has 0 spiro atoms. The predicted octanol–water partition coefficient (Wildman–Crippen LogP) is -2.64. The van der Waals surface area contributed by atoms with Gasteiger partial charge in [-0.1, -0.05) is 0 Å². The minimum Gasteiger partial charge on any atom is -0.266 e. The lowest BCUT2D eigenvalue weighted by Crippen LogP contribution is -2.46. The first-order valence-corrected chi connectivity index (χ1v) is 2.24. The molecule has 0 aromatic rings. The van der Waals surface area contributed by atoms with E-state index in [9.17, 15) is 0 Å². The van der Waals surface area contributed by atoms with E-state index in [-0.39, 0.29) is 0 Å². The zero-order chi connectivity index (χ0) is 6.15. The first kappa shape index (κ1) is 5.89. The summed E-state index contributed by atoms with van der Waals surface area (Å²) in [6.45, 7) is 0.965. The Morgan fingerprint density at radius 3 is 1.38 bits per heavy atom. The second-order valence-electron chi connectivity index (χ2n) is 1.75. The van der Waals surface area contributed by atoms with Crippen LogP contribution in [0, 0.1) is 0 Å². The molecule has 6 nitrogen and oxygen atoms in total. The molecule has 1 aliphatic heterocycles. The molecule has 0 aromatic carbocycles. The van der Waals surface area contributed by atoms with E-state index < -0.39 is 0 Å². The van der Waals surface area contributed by atoms with Gasteiger partial charge in [-0.2, -0.15) is 0 Å². The number of hydrazine groups is 4. The van der Waals surface area contributed by atoms with Crippen molar-refractivity contribution < 1.29 is 0 Å². The number of hydrogen-bond acceptors (Lipinski definition) is 6. The van der Waals surface area contributed by atoms with Gasteiger partial charge in [-0.25, -0.2) is 5.01 Å². The van der Waals surface area contributed by atoms with E-state index in [1.165, 1.54) is 15.2 Å². The molecule has 8 heavy (non-hydrogen) atoms. The Bertz CT molecular complexity index is 72.6. The highest BCUT2D eigenvalue weighted by Gasteiger charge is 2.19. The van der Waals surface area contributed by atoms with Crippen LogP contribution in [-0.4, -0.2) is 28.6 Å². The molecule has 1 heterocycles. The van der Waals surface area contributed by atoms with Crippen LogP contribution in [0.15, 0.2) is 0 Å². The first-order valence-electron chi connectivity index (χ1n) is 2.24. The van der Waals surface area contributed by atoms with Gasteiger partial charge in [0.25, 0.3) is 0 Å². The molecular weight excluding hydrogens is 108 g/mol. The van der Waals surface area contributed by atoms with Crippen LogP contribution in [0.3, 0.4) is 0 Å². The number of nitrogens with two attached hydrogens (primary N) is 3. The molecule has 1 fully saturated rings. The maximum atomic E-state index is 5.31. The van der Waals surface area contributed by atoms with Crippen molar-refractivity contribution >= 4 is 0 Å². The summed E-state index contributed by atoms with van der Waals surface area (Å²) in [6.07, 6.45) is 0. The van der Waals surface area contributed by atoms with E-state index in [4.69, 9.17) is 17.5 Å². The topological polar surface area (TPSA) is 87.8 Å². The molecule has 0 amide bonds. The summed E-state index contributed by atoms with van der Waals surface area (Å²) in [7, 11) is 0. The van der Waals surface area contributed by atoms with E-state index in [0.717, 1.165) is 0 Å². The molecule has 0 bridgehead atoms. The van der Waals surface area contributed by atoms with Crippen molar-refractivity contribution in [2.24, 2.45) is 17.5 Å². The zero-order valence-electron chi connectivity index (χ0n) is 4.49. The highest BCUT2D eigenvalue weighted by atomic mass is 15.9. The van der Waals surface area contributed by atoms with Gasteiger partial charge in [-0.05, 0) is 0 Å². The van der Waals surface area contributed by atoms with Crippen molar-refractivity contribution in [3.63, 3.8) is 0 Å². The van der Waals surface area contributed by atoms with Gasteiger partial charge in [0, 0.05) is 0 Å². The van der Waals surface area contributed by atoms with Crippen LogP contribution in [0.1, 0.15) is 0 Å². The van der Waals surface area contributed by atoms with Gasteiger partial charge in [0.2, 0.25) is 0 Å². The normalized spacial score (nSPS) is 27.4. The van der Waals surface area contributed by atoms with Crippen molar-refractivity contribution in [2.75, 3.05) is 13.3 Å². The third kappa shape index (κ3) is 0.944. The fraction of sp³-hybridized carbons (Fsp3) is 1.00. The Kier molecular flexibility index (Phi) is 1.43. The lowest BCUT2D eigenvalue weighted by Gasteiger charge is -2.13. The van der Waals surface area contributed by atoms with Crippen molar-refractivity contribution in [2.45, 2.75) is 0 Å². The van der Waals surface area contributed by atoms with E-state index >= 15 is 0 Å². The van der Waals surface area contributed by atoms with Crippen LogP contribution in [0.4, 0.5) is 0 Å². The van der Waals surface area contributed by atoms with Gasteiger partial charge < -0.3 is 0 Å². The fourth-order valence-electron chi connectivity index (χ4n) is 0.579. The first-order chi connectivity index (χ1) is 3.70. The molecule has 0 radical (unpaired) electrons. The van der Waals surface area contributed by atoms with Crippen LogP contribution in [-0.2, 0) is 0 Å².